The first-order valence-electron chi connectivity index (χ1n) is 11.9. The van der Waals surface area contributed by atoms with Gasteiger partial charge in [-0.1, -0.05) is 62.9 Å². The van der Waals surface area contributed by atoms with Gasteiger partial charge in [-0.3, -0.25) is 0 Å². The fourth-order valence-electron chi connectivity index (χ4n) is 4.55. The van der Waals surface area contributed by atoms with Crippen molar-refractivity contribution in [1.82, 2.24) is 4.57 Å². The molecule has 0 amide bonds. The van der Waals surface area contributed by atoms with Crippen LogP contribution in [0, 0.1) is 0 Å². The summed E-state index contributed by atoms with van der Waals surface area (Å²) >= 11 is 0. The van der Waals surface area contributed by atoms with Gasteiger partial charge in [0, 0.05) is 17.1 Å². The maximum absolute atomic E-state index is 12.9. The number of rotatable bonds is 9. The van der Waals surface area contributed by atoms with Gasteiger partial charge in [0.05, 0.1) is 17.2 Å². The van der Waals surface area contributed by atoms with Gasteiger partial charge in [-0.2, -0.15) is 13.2 Å². The number of carboxylic acid groups (broad SMARTS) is 1. The highest BCUT2D eigenvalue weighted by Crippen LogP contribution is 2.34. The summed E-state index contributed by atoms with van der Waals surface area (Å²) in [5.41, 5.74) is 3.27. The minimum absolute atomic E-state index is 0.0594. The predicted molar refractivity (Wildman–Crippen MR) is 133 cm³/mol. The summed E-state index contributed by atoms with van der Waals surface area (Å²) in [7, 11) is 0. The smallest absolute Gasteiger partial charge is 0.416 e. The van der Waals surface area contributed by atoms with Crippen LogP contribution in [0.3, 0.4) is 0 Å². The molecule has 3 aromatic carbocycles. The van der Waals surface area contributed by atoms with Crippen LogP contribution >= 0.6 is 0 Å². The molecule has 0 radical (unpaired) electrons. The third-order valence-electron chi connectivity index (χ3n) is 6.48. The molecule has 0 spiro atoms. The molecule has 0 aliphatic carbocycles. The Bertz CT molecular complexity index is 1290. The van der Waals surface area contributed by atoms with Gasteiger partial charge in [0.2, 0.25) is 0 Å². The Hall–Kier alpha value is -3.54. The van der Waals surface area contributed by atoms with Crippen molar-refractivity contribution in [2.75, 3.05) is 0 Å². The van der Waals surface area contributed by atoms with Crippen LogP contribution in [0.15, 0.2) is 79.0 Å². The lowest BCUT2D eigenvalue weighted by Crippen LogP contribution is -2.10. The van der Waals surface area contributed by atoms with Crippen molar-refractivity contribution in [3.05, 3.63) is 95.7 Å². The average Bonchev–Trinajstić information content (AvgIpc) is 3.27. The second-order valence-electron chi connectivity index (χ2n) is 8.86. The lowest BCUT2D eigenvalue weighted by Gasteiger charge is -2.21. The minimum Gasteiger partial charge on any atom is -0.478 e. The predicted octanol–water partition coefficient (Wildman–Crippen LogP) is 8.59. The molecule has 1 atom stereocenters. The van der Waals surface area contributed by atoms with E-state index in [4.69, 9.17) is 0 Å². The summed E-state index contributed by atoms with van der Waals surface area (Å²) in [5, 5.41) is 10.3. The Balaban J connectivity index is 1.66. The summed E-state index contributed by atoms with van der Waals surface area (Å²) in [6.45, 7) is 2.18. The third-order valence-corrected chi connectivity index (χ3v) is 6.48. The molecule has 1 heterocycles. The Morgan fingerprint density at radius 3 is 2.20 bits per heavy atom. The highest BCUT2D eigenvalue weighted by atomic mass is 19.4. The topological polar surface area (TPSA) is 42.2 Å². The van der Waals surface area contributed by atoms with Crippen LogP contribution in [0.2, 0.25) is 0 Å². The van der Waals surface area contributed by atoms with E-state index < -0.39 is 17.7 Å². The molecule has 1 aromatic heterocycles. The van der Waals surface area contributed by atoms with Crippen molar-refractivity contribution in [3.8, 4) is 11.1 Å². The molecule has 0 bridgehead atoms. The van der Waals surface area contributed by atoms with Crippen molar-refractivity contribution >= 4 is 16.9 Å². The van der Waals surface area contributed by atoms with Crippen molar-refractivity contribution in [2.24, 2.45) is 0 Å². The molecule has 1 N–H and O–H groups in total. The zero-order chi connectivity index (χ0) is 25.0. The van der Waals surface area contributed by atoms with Crippen LogP contribution in [-0.4, -0.2) is 15.6 Å². The van der Waals surface area contributed by atoms with Crippen LogP contribution in [0.5, 0.6) is 0 Å². The van der Waals surface area contributed by atoms with E-state index in [1.165, 1.54) is 18.6 Å². The van der Waals surface area contributed by atoms with Crippen LogP contribution < -0.4 is 0 Å². The summed E-state index contributed by atoms with van der Waals surface area (Å²) in [6.07, 6.45) is 3.13. The summed E-state index contributed by atoms with van der Waals surface area (Å²) in [4.78, 5) is 11.3. The van der Waals surface area contributed by atoms with Gasteiger partial charge in [0.1, 0.15) is 0 Å². The lowest BCUT2D eigenvalue weighted by atomic mass is 9.98. The van der Waals surface area contributed by atoms with E-state index >= 15 is 0 Å². The molecule has 0 fully saturated rings. The van der Waals surface area contributed by atoms with Gasteiger partial charge < -0.3 is 9.67 Å². The summed E-state index contributed by atoms with van der Waals surface area (Å²) in [6, 6.07) is 20.3. The van der Waals surface area contributed by atoms with Gasteiger partial charge in [0.25, 0.3) is 0 Å². The first kappa shape index (κ1) is 24.6. The molecule has 0 saturated heterocycles. The summed E-state index contributed by atoms with van der Waals surface area (Å²) in [5.74, 6) is -0.946. The Morgan fingerprint density at radius 2 is 1.57 bits per heavy atom. The van der Waals surface area contributed by atoms with E-state index in [1.807, 2.05) is 42.6 Å². The molecule has 0 aliphatic heterocycles. The number of hydrogen-bond acceptors (Lipinski definition) is 1. The number of fused-ring (bicyclic) bond motifs is 1. The molecule has 6 heteroatoms. The van der Waals surface area contributed by atoms with Crippen molar-refractivity contribution < 1.29 is 23.1 Å². The molecule has 4 aromatic rings. The number of unbranched alkanes of at least 4 members (excludes halogenated alkanes) is 3. The molecule has 0 aliphatic rings. The molecule has 182 valence electrons. The van der Waals surface area contributed by atoms with Crippen molar-refractivity contribution in [2.45, 2.75) is 51.2 Å². The van der Waals surface area contributed by atoms with Crippen LogP contribution in [-0.2, 0) is 6.18 Å². The average molecular weight is 480 g/mol. The van der Waals surface area contributed by atoms with E-state index in [2.05, 4.69) is 11.5 Å². The van der Waals surface area contributed by atoms with E-state index in [0.717, 1.165) is 65.4 Å². The van der Waals surface area contributed by atoms with Crippen LogP contribution in [0.1, 0.15) is 66.6 Å². The first-order valence-corrected chi connectivity index (χ1v) is 11.9. The Morgan fingerprint density at radius 1 is 0.886 bits per heavy atom. The molecule has 4 rings (SSSR count). The number of aromatic carboxylic acids is 1. The number of aromatic nitrogens is 1. The van der Waals surface area contributed by atoms with E-state index in [1.54, 1.807) is 12.1 Å². The molecule has 0 saturated carbocycles. The number of carbonyl (C=O) groups is 1. The zero-order valence-electron chi connectivity index (χ0n) is 19.6. The van der Waals surface area contributed by atoms with Gasteiger partial charge in [-0.05, 0) is 65.6 Å². The fourth-order valence-corrected chi connectivity index (χ4v) is 4.55. The van der Waals surface area contributed by atoms with E-state index in [0.29, 0.717) is 0 Å². The van der Waals surface area contributed by atoms with Crippen LogP contribution in [0.4, 0.5) is 13.2 Å². The first-order chi connectivity index (χ1) is 16.8. The number of alkyl halides is 3. The Labute approximate surface area is 202 Å². The summed E-state index contributed by atoms with van der Waals surface area (Å²) < 4.78 is 40.9. The molecule has 3 nitrogen and oxygen atoms in total. The second kappa shape index (κ2) is 10.4. The van der Waals surface area contributed by atoms with Gasteiger partial charge in [0.15, 0.2) is 0 Å². The fraction of sp³-hybridized carbons (Fsp3) is 0.276. The van der Waals surface area contributed by atoms with Gasteiger partial charge in [-0.15, -0.1) is 0 Å². The lowest BCUT2D eigenvalue weighted by molar-refractivity contribution is -0.137. The highest BCUT2D eigenvalue weighted by molar-refractivity contribution is 5.88. The minimum atomic E-state index is -4.35. The van der Waals surface area contributed by atoms with Crippen molar-refractivity contribution in [1.29, 1.82) is 0 Å². The second-order valence-corrected chi connectivity index (χ2v) is 8.86. The largest absolute Gasteiger partial charge is 0.478 e. The number of nitrogens with zero attached hydrogens (tertiary/aromatic N) is 1. The maximum Gasteiger partial charge on any atom is 0.416 e. The van der Waals surface area contributed by atoms with E-state index in [9.17, 15) is 23.1 Å². The number of halogens is 3. The third kappa shape index (κ3) is 5.59. The monoisotopic (exact) mass is 479 g/mol. The standard InChI is InChI=1S/C29H28F3NO2/c1-2-3-4-5-6-26(21-7-9-22(10-8-21)28(34)35)33-18-17-24-19-23(13-16-27(24)33)20-11-14-25(15-12-20)29(30,31)32/h7-19,26H,2-6H2,1H3,(H,34,35). The van der Waals surface area contributed by atoms with Crippen molar-refractivity contribution in [3.63, 3.8) is 0 Å². The molecular formula is C29H28F3NO2. The van der Waals surface area contributed by atoms with Gasteiger partial charge >= 0.3 is 12.1 Å². The number of benzene rings is 3. The van der Waals surface area contributed by atoms with Crippen LogP contribution in [0.25, 0.3) is 22.0 Å². The molecule has 1 unspecified atom stereocenters. The Kier molecular flexibility index (Phi) is 7.29. The van der Waals surface area contributed by atoms with E-state index in [-0.39, 0.29) is 11.6 Å². The zero-order valence-corrected chi connectivity index (χ0v) is 19.6. The number of hydrogen-bond donors (Lipinski definition) is 1. The normalized spacial score (nSPS) is 12.7. The highest BCUT2D eigenvalue weighted by Gasteiger charge is 2.30. The molecular weight excluding hydrogens is 451 g/mol. The molecule has 35 heavy (non-hydrogen) atoms. The number of carboxylic acids is 1. The van der Waals surface area contributed by atoms with Gasteiger partial charge in [-0.25, -0.2) is 4.79 Å². The SMILES string of the molecule is CCCCCCC(c1ccc(C(=O)O)cc1)n1ccc2cc(-c3ccc(C(F)(F)F)cc3)ccc21. The quantitative estimate of drug-likeness (QED) is 0.244. The maximum atomic E-state index is 12.9.